The molecule has 1 aliphatic rings. The summed E-state index contributed by atoms with van der Waals surface area (Å²) >= 11 is 1.94. The van der Waals surface area contributed by atoms with E-state index < -0.39 is 0 Å². The minimum atomic E-state index is 0.194. The number of fused-ring (bicyclic) bond motifs is 1. The Kier molecular flexibility index (Phi) is 4.63. The minimum Gasteiger partial charge on any atom is -0.271 e. The molecule has 2 unspecified atom stereocenters. The summed E-state index contributed by atoms with van der Waals surface area (Å²) in [6.07, 6.45) is 3.38. The number of thioether (sulfide) groups is 1. The van der Waals surface area contributed by atoms with Gasteiger partial charge in [-0.25, -0.2) is 0 Å². The number of hydrogen-bond donors (Lipinski definition) is 2. The molecule has 2 aromatic carbocycles. The van der Waals surface area contributed by atoms with E-state index in [1.165, 1.54) is 28.0 Å². The van der Waals surface area contributed by atoms with Crippen molar-refractivity contribution in [2.24, 2.45) is 5.84 Å². The summed E-state index contributed by atoms with van der Waals surface area (Å²) in [6.45, 7) is 2.22. The van der Waals surface area contributed by atoms with Crippen molar-refractivity contribution in [2.45, 2.75) is 42.4 Å². The van der Waals surface area contributed by atoms with Crippen LogP contribution in [0.25, 0.3) is 0 Å². The van der Waals surface area contributed by atoms with Crippen molar-refractivity contribution in [2.75, 3.05) is 0 Å². The molecule has 1 heterocycles. The molecular formula is C18H22N2S. The number of aryl methyl sites for hydroxylation is 1. The van der Waals surface area contributed by atoms with Gasteiger partial charge in [-0.2, -0.15) is 0 Å². The van der Waals surface area contributed by atoms with Crippen molar-refractivity contribution in [3.8, 4) is 0 Å². The molecule has 2 aromatic rings. The molecule has 0 saturated carbocycles. The van der Waals surface area contributed by atoms with Crippen molar-refractivity contribution in [1.82, 2.24) is 5.43 Å². The molecule has 3 heteroatoms. The van der Waals surface area contributed by atoms with Crippen LogP contribution >= 0.6 is 11.8 Å². The molecule has 110 valence electrons. The van der Waals surface area contributed by atoms with Crippen LogP contribution < -0.4 is 11.3 Å². The molecule has 0 saturated heterocycles. The van der Waals surface area contributed by atoms with Gasteiger partial charge in [0.05, 0.1) is 6.04 Å². The van der Waals surface area contributed by atoms with E-state index in [1.807, 2.05) is 11.8 Å². The molecule has 21 heavy (non-hydrogen) atoms. The van der Waals surface area contributed by atoms with Gasteiger partial charge in [-0.15, -0.1) is 11.8 Å². The Hall–Kier alpha value is -1.29. The van der Waals surface area contributed by atoms with Crippen LogP contribution in [-0.4, -0.2) is 5.25 Å². The van der Waals surface area contributed by atoms with Crippen LogP contribution in [0.2, 0.25) is 0 Å². The number of nitrogens with two attached hydrogens (primary N) is 1. The maximum Gasteiger partial charge on any atom is 0.0585 e. The molecule has 3 rings (SSSR count). The van der Waals surface area contributed by atoms with E-state index in [9.17, 15) is 0 Å². The zero-order valence-corrected chi connectivity index (χ0v) is 13.2. The molecule has 3 N–H and O–H groups in total. The summed E-state index contributed by atoms with van der Waals surface area (Å²) in [7, 11) is 0. The fourth-order valence-electron chi connectivity index (χ4n) is 3.04. The molecule has 0 spiro atoms. The summed E-state index contributed by atoms with van der Waals surface area (Å²) in [4.78, 5) is 1.40. The molecule has 1 aliphatic heterocycles. The van der Waals surface area contributed by atoms with Crippen molar-refractivity contribution in [3.63, 3.8) is 0 Å². The predicted molar refractivity (Wildman–Crippen MR) is 90.3 cm³/mol. The first-order chi connectivity index (χ1) is 10.3. The average Bonchev–Trinajstić information content (AvgIpc) is 2.92. The fraction of sp³-hybridized carbons (Fsp3) is 0.333. The molecule has 2 atom stereocenters. The van der Waals surface area contributed by atoms with E-state index in [1.54, 1.807) is 0 Å². The molecule has 0 fully saturated rings. The van der Waals surface area contributed by atoms with Gasteiger partial charge in [-0.1, -0.05) is 55.8 Å². The van der Waals surface area contributed by atoms with Crippen molar-refractivity contribution in [1.29, 1.82) is 0 Å². The number of rotatable bonds is 5. The maximum atomic E-state index is 5.88. The third-order valence-corrected chi connectivity index (χ3v) is 5.47. The number of benzene rings is 2. The Morgan fingerprint density at radius 2 is 2.10 bits per heavy atom. The van der Waals surface area contributed by atoms with Crippen LogP contribution in [-0.2, 0) is 12.8 Å². The highest BCUT2D eigenvalue weighted by Crippen LogP contribution is 2.42. The van der Waals surface area contributed by atoms with Gasteiger partial charge in [0.25, 0.3) is 0 Å². The first-order valence-electron chi connectivity index (χ1n) is 7.61. The normalized spacial score (nSPS) is 18.5. The largest absolute Gasteiger partial charge is 0.271 e. The molecule has 0 bridgehead atoms. The van der Waals surface area contributed by atoms with Gasteiger partial charge < -0.3 is 0 Å². The first-order valence-corrected chi connectivity index (χ1v) is 8.49. The number of nitrogens with one attached hydrogen (secondary N) is 1. The average molecular weight is 298 g/mol. The molecule has 0 radical (unpaired) electrons. The highest BCUT2D eigenvalue weighted by atomic mass is 32.2. The number of hydrazine groups is 1. The standard InChI is InChI=1S/C18H22N2S/c1-2-6-13-7-5-9-15(11-13)18(20-19)17-12-14-8-3-4-10-16(14)21-17/h3-5,7-11,17-18,20H,2,6,12,19H2,1H3. The lowest BCUT2D eigenvalue weighted by molar-refractivity contribution is 0.532. The maximum absolute atomic E-state index is 5.88. The van der Waals surface area contributed by atoms with Gasteiger partial charge in [0.15, 0.2) is 0 Å². The third-order valence-electron chi connectivity index (χ3n) is 4.07. The van der Waals surface area contributed by atoms with Crippen LogP contribution in [0.1, 0.15) is 36.1 Å². The van der Waals surface area contributed by atoms with Crippen LogP contribution in [0, 0.1) is 0 Å². The van der Waals surface area contributed by atoms with Gasteiger partial charge in [0, 0.05) is 10.1 Å². The van der Waals surface area contributed by atoms with Crippen LogP contribution in [0.4, 0.5) is 0 Å². The van der Waals surface area contributed by atoms with Gasteiger partial charge in [-0.05, 0) is 35.6 Å². The van der Waals surface area contributed by atoms with Crippen molar-refractivity contribution in [3.05, 3.63) is 65.2 Å². The Labute approximate surface area is 131 Å². The van der Waals surface area contributed by atoms with Crippen molar-refractivity contribution >= 4 is 11.8 Å². The van der Waals surface area contributed by atoms with E-state index >= 15 is 0 Å². The van der Waals surface area contributed by atoms with E-state index in [4.69, 9.17) is 5.84 Å². The second-order valence-electron chi connectivity index (χ2n) is 5.61. The molecule has 0 amide bonds. The lowest BCUT2D eigenvalue weighted by atomic mass is 9.97. The van der Waals surface area contributed by atoms with E-state index in [2.05, 4.69) is 60.9 Å². The minimum absolute atomic E-state index is 0.194. The quantitative estimate of drug-likeness (QED) is 0.650. The lowest BCUT2D eigenvalue weighted by Crippen LogP contribution is -2.35. The molecule has 2 nitrogen and oxygen atoms in total. The van der Waals surface area contributed by atoms with Gasteiger partial charge in [-0.3, -0.25) is 11.3 Å². The lowest BCUT2D eigenvalue weighted by Gasteiger charge is -2.23. The molecule has 0 aliphatic carbocycles. The van der Waals surface area contributed by atoms with E-state index in [0.29, 0.717) is 5.25 Å². The highest BCUT2D eigenvalue weighted by Gasteiger charge is 2.29. The second kappa shape index (κ2) is 6.65. The molecule has 0 aromatic heterocycles. The zero-order chi connectivity index (χ0) is 14.7. The van der Waals surface area contributed by atoms with E-state index in [0.717, 1.165) is 12.8 Å². The van der Waals surface area contributed by atoms with Crippen LogP contribution in [0.5, 0.6) is 0 Å². The zero-order valence-electron chi connectivity index (χ0n) is 12.4. The summed E-state index contributed by atoms with van der Waals surface area (Å²) in [6, 6.07) is 17.7. The number of hydrogen-bond acceptors (Lipinski definition) is 3. The Balaban J connectivity index is 1.82. The predicted octanol–water partition coefficient (Wildman–Crippen LogP) is 3.86. The third kappa shape index (κ3) is 3.15. The van der Waals surface area contributed by atoms with Gasteiger partial charge in [0.1, 0.15) is 0 Å². The smallest absolute Gasteiger partial charge is 0.0585 e. The first kappa shape index (κ1) is 14.6. The molecular weight excluding hydrogens is 276 g/mol. The topological polar surface area (TPSA) is 38.0 Å². The highest BCUT2D eigenvalue weighted by molar-refractivity contribution is 8.00. The summed E-state index contributed by atoms with van der Waals surface area (Å²) in [5.74, 6) is 5.88. The van der Waals surface area contributed by atoms with Crippen LogP contribution in [0.15, 0.2) is 53.4 Å². The summed E-state index contributed by atoms with van der Waals surface area (Å²) in [5.41, 5.74) is 7.18. The summed E-state index contributed by atoms with van der Waals surface area (Å²) < 4.78 is 0. The summed E-state index contributed by atoms with van der Waals surface area (Å²) in [5, 5.41) is 0.462. The second-order valence-corrected chi connectivity index (χ2v) is 6.89. The Morgan fingerprint density at radius 3 is 2.86 bits per heavy atom. The van der Waals surface area contributed by atoms with E-state index in [-0.39, 0.29) is 6.04 Å². The monoisotopic (exact) mass is 298 g/mol. The van der Waals surface area contributed by atoms with Crippen molar-refractivity contribution < 1.29 is 0 Å². The van der Waals surface area contributed by atoms with Crippen LogP contribution in [0.3, 0.4) is 0 Å². The van der Waals surface area contributed by atoms with Gasteiger partial charge >= 0.3 is 0 Å². The fourth-order valence-corrected chi connectivity index (χ4v) is 4.46. The Morgan fingerprint density at radius 1 is 1.24 bits per heavy atom. The SMILES string of the molecule is CCCc1cccc(C(NN)C2Cc3ccccc3S2)c1. The Bertz CT molecular complexity index is 587. The van der Waals surface area contributed by atoms with Gasteiger partial charge in [0.2, 0.25) is 0 Å².